The molecule has 0 bridgehead atoms. The van der Waals surface area contributed by atoms with Gasteiger partial charge in [-0.3, -0.25) is 4.90 Å². The number of furan rings is 1. The molecular weight excluding hydrogens is 342 g/mol. The Bertz CT molecular complexity index is 1000. The van der Waals surface area contributed by atoms with Gasteiger partial charge in [-0.05, 0) is 31.9 Å². The van der Waals surface area contributed by atoms with Crippen molar-refractivity contribution in [2.75, 3.05) is 13.3 Å². The molecule has 1 aliphatic carbocycles. The van der Waals surface area contributed by atoms with Crippen molar-refractivity contribution in [3.05, 3.63) is 53.6 Å². The predicted molar refractivity (Wildman–Crippen MR) is 102 cm³/mol. The van der Waals surface area contributed by atoms with Crippen LogP contribution in [0.1, 0.15) is 35.7 Å². The molecule has 0 spiro atoms. The van der Waals surface area contributed by atoms with Crippen molar-refractivity contribution in [2.24, 2.45) is 0 Å². The van der Waals surface area contributed by atoms with Crippen molar-refractivity contribution in [3.63, 3.8) is 0 Å². The zero-order valence-electron chi connectivity index (χ0n) is 15.2. The van der Waals surface area contributed by atoms with Crippen LogP contribution in [0.3, 0.4) is 0 Å². The van der Waals surface area contributed by atoms with E-state index < -0.39 is 0 Å². The van der Waals surface area contributed by atoms with Crippen molar-refractivity contribution >= 4 is 16.9 Å². The number of carbonyl (C=O) groups excluding carboxylic acids is 1. The average Bonchev–Trinajstić information content (AvgIpc) is 3.47. The molecule has 3 aromatic rings. The first-order valence-electron chi connectivity index (χ1n) is 9.44. The minimum absolute atomic E-state index is 0.319. The van der Waals surface area contributed by atoms with E-state index in [4.69, 9.17) is 13.9 Å². The van der Waals surface area contributed by atoms with Crippen LogP contribution in [0.4, 0.5) is 0 Å². The maximum atomic E-state index is 12.9. The van der Waals surface area contributed by atoms with E-state index in [1.54, 1.807) is 0 Å². The summed E-state index contributed by atoms with van der Waals surface area (Å²) < 4.78 is 17.5. The number of benzene rings is 2. The second kappa shape index (κ2) is 6.43. The molecule has 138 valence electrons. The van der Waals surface area contributed by atoms with Gasteiger partial charge in [-0.15, -0.1) is 0 Å². The third-order valence-electron chi connectivity index (χ3n) is 5.25. The lowest BCUT2D eigenvalue weighted by atomic mass is 10.00. The Morgan fingerprint density at radius 2 is 2.00 bits per heavy atom. The topological polar surface area (TPSA) is 51.9 Å². The zero-order chi connectivity index (χ0) is 18.4. The van der Waals surface area contributed by atoms with Crippen molar-refractivity contribution in [2.45, 2.75) is 32.4 Å². The highest BCUT2D eigenvalue weighted by atomic mass is 16.5. The number of rotatable bonds is 4. The van der Waals surface area contributed by atoms with Crippen LogP contribution in [0, 0.1) is 0 Å². The van der Waals surface area contributed by atoms with Gasteiger partial charge in [0.05, 0.1) is 6.61 Å². The van der Waals surface area contributed by atoms with Crippen LogP contribution in [0.5, 0.6) is 5.75 Å². The molecule has 2 heterocycles. The van der Waals surface area contributed by atoms with Gasteiger partial charge in [0, 0.05) is 29.1 Å². The third-order valence-corrected chi connectivity index (χ3v) is 5.25. The molecule has 1 aromatic heterocycles. The van der Waals surface area contributed by atoms with Crippen molar-refractivity contribution < 1.29 is 18.7 Å². The van der Waals surface area contributed by atoms with E-state index in [9.17, 15) is 4.79 Å². The van der Waals surface area contributed by atoms with Crippen LogP contribution in [-0.2, 0) is 11.3 Å². The van der Waals surface area contributed by atoms with Crippen molar-refractivity contribution in [1.29, 1.82) is 0 Å². The number of ether oxygens (including phenoxy) is 2. The lowest BCUT2D eigenvalue weighted by molar-refractivity contribution is 0.0528. The fourth-order valence-electron chi connectivity index (χ4n) is 3.80. The molecule has 2 aliphatic rings. The molecule has 0 radical (unpaired) electrons. The van der Waals surface area contributed by atoms with Gasteiger partial charge in [-0.25, -0.2) is 4.79 Å². The summed E-state index contributed by atoms with van der Waals surface area (Å²) in [4.78, 5) is 15.2. The summed E-state index contributed by atoms with van der Waals surface area (Å²) in [7, 11) is 0. The molecule has 5 rings (SSSR count). The summed E-state index contributed by atoms with van der Waals surface area (Å²) in [6, 6.07) is 14.1. The van der Waals surface area contributed by atoms with Gasteiger partial charge < -0.3 is 13.9 Å². The van der Waals surface area contributed by atoms with E-state index >= 15 is 0 Å². The minimum Gasteiger partial charge on any atom is -0.478 e. The second-order valence-corrected chi connectivity index (χ2v) is 7.06. The van der Waals surface area contributed by atoms with Gasteiger partial charge in [0.1, 0.15) is 29.4 Å². The minimum atomic E-state index is -0.355. The summed E-state index contributed by atoms with van der Waals surface area (Å²) in [6.07, 6.45) is 2.42. The first-order valence-corrected chi connectivity index (χ1v) is 9.44. The Hall–Kier alpha value is -2.79. The number of hydrogen-bond acceptors (Lipinski definition) is 5. The predicted octanol–water partition coefficient (Wildman–Crippen LogP) is 4.59. The molecule has 1 aliphatic heterocycles. The SMILES string of the molecule is CCOC(=O)c1c(-c2ccccc2)oc2ccc3c(c12)CN(C1CC1)CO3. The van der Waals surface area contributed by atoms with Gasteiger partial charge in [0.15, 0.2) is 0 Å². The Balaban J connectivity index is 1.73. The molecular formula is C22H21NO4. The molecule has 1 saturated carbocycles. The highest BCUT2D eigenvalue weighted by molar-refractivity contribution is 6.10. The van der Waals surface area contributed by atoms with Crippen LogP contribution in [0.15, 0.2) is 46.9 Å². The maximum absolute atomic E-state index is 12.9. The van der Waals surface area contributed by atoms with E-state index in [1.165, 1.54) is 12.8 Å². The summed E-state index contributed by atoms with van der Waals surface area (Å²) in [5, 5.41) is 0.815. The van der Waals surface area contributed by atoms with Gasteiger partial charge in [0.2, 0.25) is 0 Å². The van der Waals surface area contributed by atoms with E-state index in [1.807, 2.05) is 49.4 Å². The standard InChI is InChI=1S/C22H21NO4/c1-2-25-22(24)20-19-16-12-23(15-8-9-15)13-26-17(16)10-11-18(19)27-21(20)14-6-4-3-5-7-14/h3-7,10-11,15H,2,8-9,12-13H2,1H3. The Kier molecular flexibility index (Phi) is 3.90. The van der Waals surface area contributed by atoms with Crippen LogP contribution >= 0.6 is 0 Å². The first-order chi connectivity index (χ1) is 13.3. The second-order valence-electron chi connectivity index (χ2n) is 7.06. The van der Waals surface area contributed by atoms with Gasteiger partial charge in [-0.1, -0.05) is 30.3 Å². The first kappa shape index (κ1) is 16.4. The zero-order valence-corrected chi connectivity index (χ0v) is 15.2. The van der Waals surface area contributed by atoms with E-state index in [0.717, 1.165) is 28.8 Å². The van der Waals surface area contributed by atoms with Crippen molar-refractivity contribution in [1.82, 2.24) is 4.90 Å². The number of esters is 1. The summed E-state index contributed by atoms with van der Waals surface area (Å²) in [6.45, 7) is 3.49. The molecule has 0 atom stereocenters. The molecule has 0 saturated heterocycles. The van der Waals surface area contributed by atoms with Gasteiger partial charge in [0.25, 0.3) is 0 Å². The molecule has 0 amide bonds. The van der Waals surface area contributed by atoms with Crippen LogP contribution in [0.2, 0.25) is 0 Å². The van der Waals surface area contributed by atoms with Gasteiger partial charge >= 0.3 is 5.97 Å². The summed E-state index contributed by atoms with van der Waals surface area (Å²) >= 11 is 0. The number of hydrogen-bond donors (Lipinski definition) is 0. The summed E-state index contributed by atoms with van der Waals surface area (Å²) in [5.74, 6) is 1.03. The largest absolute Gasteiger partial charge is 0.478 e. The number of nitrogens with zero attached hydrogens (tertiary/aromatic N) is 1. The number of fused-ring (bicyclic) bond motifs is 3. The van der Waals surface area contributed by atoms with Gasteiger partial charge in [-0.2, -0.15) is 0 Å². The maximum Gasteiger partial charge on any atom is 0.342 e. The van der Waals surface area contributed by atoms with Crippen LogP contribution < -0.4 is 4.74 Å². The van der Waals surface area contributed by atoms with E-state index in [-0.39, 0.29) is 5.97 Å². The van der Waals surface area contributed by atoms with Crippen molar-refractivity contribution in [3.8, 4) is 17.1 Å². The smallest absolute Gasteiger partial charge is 0.342 e. The third kappa shape index (κ3) is 2.79. The quantitative estimate of drug-likeness (QED) is 0.635. The average molecular weight is 363 g/mol. The fraction of sp³-hybridized carbons (Fsp3) is 0.318. The molecule has 0 N–H and O–H groups in total. The van der Waals surface area contributed by atoms with E-state index in [0.29, 0.717) is 36.3 Å². The number of carbonyl (C=O) groups is 1. The lowest BCUT2D eigenvalue weighted by Crippen LogP contribution is -2.33. The monoisotopic (exact) mass is 363 g/mol. The Morgan fingerprint density at radius 1 is 1.19 bits per heavy atom. The molecule has 2 aromatic carbocycles. The summed E-state index contributed by atoms with van der Waals surface area (Å²) in [5.41, 5.74) is 3.06. The molecule has 1 fully saturated rings. The Morgan fingerprint density at radius 3 is 2.74 bits per heavy atom. The molecule has 0 unspecified atom stereocenters. The van der Waals surface area contributed by atoms with Crippen LogP contribution in [0.25, 0.3) is 22.3 Å². The molecule has 5 heteroatoms. The van der Waals surface area contributed by atoms with Crippen LogP contribution in [-0.4, -0.2) is 30.2 Å². The van der Waals surface area contributed by atoms with E-state index in [2.05, 4.69) is 4.90 Å². The molecule has 27 heavy (non-hydrogen) atoms. The highest BCUT2D eigenvalue weighted by Gasteiger charge is 2.35. The Labute approximate surface area is 157 Å². The molecule has 5 nitrogen and oxygen atoms in total. The normalized spacial score (nSPS) is 16.8. The lowest BCUT2D eigenvalue weighted by Gasteiger charge is -2.29. The highest BCUT2D eigenvalue weighted by Crippen LogP contribution is 2.42. The fourth-order valence-corrected chi connectivity index (χ4v) is 3.80.